The topological polar surface area (TPSA) is 64.6 Å². The number of methoxy groups -OCH3 is 1. The van der Waals surface area contributed by atoms with Crippen LogP contribution in [0.2, 0.25) is 0 Å². The number of hydrogen-bond acceptors (Lipinski definition) is 5. The summed E-state index contributed by atoms with van der Waals surface area (Å²) in [5.74, 6) is 1.26. The molecule has 0 spiro atoms. The van der Waals surface area contributed by atoms with Gasteiger partial charge < -0.3 is 13.6 Å². The van der Waals surface area contributed by atoms with Crippen molar-refractivity contribution < 1.29 is 18.4 Å². The standard InChI is InChI=1S/C14H17NO4/c1-9(11-5-4-8-18-11)15-10(2)12-6-7-13(19-12)14(16)17-3/h4-10,15H,1-3H3. The maximum absolute atomic E-state index is 11.3. The van der Waals surface area contributed by atoms with Gasteiger partial charge in [-0.3, -0.25) is 5.32 Å². The fourth-order valence-electron chi connectivity index (χ4n) is 1.87. The third kappa shape index (κ3) is 3.06. The predicted molar refractivity (Wildman–Crippen MR) is 68.7 cm³/mol. The van der Waals surface area contributed by atoms with Crippen LogP contribution in [0, 0.1) is 0 Å². The van der Waals surface area contributed by atoms with Crippen LogP contribution in [-0.4, -0.2) is 13.1 Å². The van der Waals surface area contributed by atoms with E-state index in [-0.39, 0.29) is 17.8 Å². The van der Waals surface area contributed by atoms with Crippen molar-refractivity contribution in [3.05, 3.63) is 47.8 Å². The summed E-state index contributed by atoms with van der Waals surface area (Å²) in [6.45, 7) is 3.96. The van der Waals surface area contributed by atoms with Gasteiger partial charge in [-0.1, -0.05) is 0 Å². The van der Waals surface area contributed by atoms with Crippen LogP contribution in [-0.2, 0) is 4.74 Å². The molecule has 102 valence electrons. The normalized spacial score (nSPS) is 14.1. The minimum absolute atomic E-state index is 0.0430. The van der Waals surface area contributed by atoms with Gasteiger partial charge in [0.2, 0.25) is 5.76 Å². The van der Waals surface area contributed by atoms with E-state index < -0.39 is 5.97 Å². The van der Waals surface area contributed by atoms with Crippen molar-refractivity contribution in [1.82, 2.24) is 5.32 Å². The lowest BCUT2D eigenvalue weighted by molar-refractivity contribution is 0.0562. The Hall–Kier alpha value is -2.01. The molecule has 0 aliphatic carbocycles. The van der Waals surface area contributed by atoms with Crippen LogP contribution in [0.1, 0.15) is 48.0 Å². The summed E-state index contributed by atoms with van der Waals surface area (Å²) in [7, 11) is 1.32. The van der Waals surface area contributed by atoms with E-state index in [0.717, 1.165) is 5.76 Å². The molecule has 5 nitrogen and oxygen atoms in total. The van der Waals surface area contributed by atoms with Crippen LogP contribution in [0.5, 0.6) is 0 Å². The molecular formula is C14H17NO4. The molecule has 2 heterocycles. The van der Waals surface area contributed by atoms with E-state index in [9.17, 15) is 4.79 Å². The molecule has 0 saturated heterocycles. The van der Waals surface area contributed by atoms with Crippen molar-refractivity contribution >= 4 is 5.97 Å². The number of esters is 1. The highest BCUT2D eigenvalue weighted by molar-refractivity contribution is 5.86. The Morgan fingerprint density at radius 2 is 1.95 bits per heavy atom. The second-order valence-corrected chi connectivity index (χ2v) is 4.32. The molecule has 0 amide bonds. The highest BCUT2D eigenvalue weighted by Gasteiger charge is 2.18. The van der Waals surface area contributed by atoms with Gasteiger partial charge >= 0.3 is 5.97 Å². The molecule has 1 N–H and O–H groups in total. The molecule has 2 aromatic heterocycles. The van der Waals surface area contributed by atoms with Crippen LogP contribution < -0.4 is 5.32 Å². The lowest BCUT2D eigenvalue weighted by atomic mass is 10.2. The first-order chi connectivity index (χ1) is 9.11. The monoisotopic (exact) mass is 263 g/mol. The van der Waals surface area contributed by atoms with Crippen LogP contribution >= 0.6 is 0 Å². The molecule has 2 atom stereocenters. The Balaban J connectivity index is 2.01. The number of carbonyl (C=O) groups is 1. The second kappa shape index (κ2) is 5.75. The molecular weight excluding hydrogens is 246 g/mol. The second-order valence-electron chi connectivity index (χ2n) is 4.32. The zero-order valence-corrected chi connectivity index (χ0v) is 11.2. The lowest BCUT2D eigenvalue weighted by Crippen LogP contribution is -2.21. The molecule has 2 unspecified atom stereocenters. The van der Waals surface area contributed by atoms with Gasteiger partial charge in [0.1, 0.15) is 11.5 Å². The molecule has 0 aliphatic heterocycles. The predicted octanol–water partition coefficient (Wildman–Crippen LogP) is 3.07. The minimum Gasteiger partial charge on any atom is -0.468 e. The van der Waals surface area contributed by atoms with E-state index >= 15 is 0 Å². The molecule has 5 heteroatoms. The van der Waals surface area contributed by atoms with Gasteiger partial charge in [-0.15, -0.1) is 0 Å². The molecule has 2 aromatic rings. The maximum atomic E-state index is 11.3. The van der Waals surface area contributed by atoms with Crippen molar-refractivity contribution in [3.63, 3.8) is 0 Å². The maximum Gasteiger partial charge on any atom is 0.373 e. The summed E-state index contributed by atoms with van der Waals surface area (Å²) < 4.78 is 15.4. The third-order valence-corrected chi connectivity index (χ3v) is 2.91. The summed E-state index contributed by atoms with van der Waals surface area (Å²) in [5.41, 5.74) is 0. The molecule has 0 bridgehead atoms. The summed E-state index contributed by atoms with van der Waals surface area (Å²) in [5, 5.41) is 3.33. The average molecular weight is 263 g/mol. The van der Waals surface area contributed by atoms with E-state index in [1.165, 1.54) is 7.11 Å². The summed E-state index contributed by atoms with van der Waals surface area (Å²) in [6.07, 6.45) is 1.64. The molecule has 0 fully saturated rings. The Labute approximate surface area is 111 Å². The van der Waals surface area contributed by atoms with Gasteiger partial charge in [0.15, 0.2) is 0 Å². The SMILES string of the molecule is COC(=O)c1ccc(C(C)NC(C)c2ccco2)o1. The minimum atomic E-state index is -0.475. The highest BCUT2D eigenvalue weighted by Crippen LogP contribution is 2.21. The van der Waals surface area contributed by atoms with Crippen LogP contribution in [0.4, 0.5) is 0 Å². The number of furan rings is 2. The first-order valence-electron chi connectivity index (χ1n) is 6.09. The van der Waals surface area contributed by atoms with Gasteiger partial charge in [0, 0.05) is 0 Å². The first-order valence-corrected chi connectivity index (χ1v) is 6.09. The zero-order valence-electron chi connectivity index (χ0n) is 11.2. The molecule has 0 saturated carbocycles. The fraction of sp³-hybridized carbons (Fsp3) is 0.357. The summed E-state index contributed by atoms with van der Waals surface area (Å²) in [4.78, 5) is 11.3. The largest absolute Gasteiger partial charge is 0.468 e. The molecule has 0 radical (unpaired) electrons. The Bertz CT molecular complexity index is 529. The molecule has 2 rings (SSSR count). The number of nitrogens with one attached hydrogen (secondary N) is 1. The van der Waals surface area contributed by atoms with E-state index in [2.05, 4.69) is 10.1 Å². The third-order valence-electron chi connectivity index (χ3n) is 2.91. The van der Waals surface area contributed by atoms with Crippen molar-refractivity contribution in [2.45, 2.75) is 25.9 Å². The van der Waals surface area contributed by atoms with Gasteiger partial charge in [-0.05, 0) is 38.1 Å². The van der Waals surface area contributed by atoms with Gasteiger partial charge in [-0.2, -0.15) is 0 Å². The quantitative estimate of drug-likeness (QED) is 0.840. The van der Waals surface area contributed by atoms with Gasteiger partial charge in [0.25, 0.3) is 0 Å². The van der Waals surface area contributed by atoms with E-state index in [0.29, 0.717) is 5.76 Å². The molecule has 0 aromatic carbocycles. The number of rotatable bonds is 5. The Morgan fingerprint density at radius 1 is 1.21 bits per heavy atom. The molecule has 19 heavy (non-hydrogen) atoms. The van der Waals surface area contributed by atoms with Crippen LogP contribution in [0.25, 0.3) is 0 Å². The average Bonchev–Trinajstić information content (AvgIpc) is 3.08. The van der Waals surface area contributed by atoms with Gasteiger partial charge in [-0.25, -0.2) is 4.79 Å². The number of hydrogen-bond donors (Lipinski definition) is 1. The fourth-order valence-corrected chi connectivity index (χ4v) is 1.87. The number of ether oxygens (including phenoxy) is 1. The summed E-state index contributed by atoms with van der Waals surface area (Å²) in [6, 6.07) is 7.14. The van der Waals surface area contributed by atoms with Gasteiger partial charge in [0.05, 0.1) is 25.5 Å². The van der Waals surface area contributed by atoms with Crippen molar-refractivity contribution in [2.75, 3.05) is 7.11 Å². The first kappa shape index (κ1) is 13.4. The lowest BCUT2D eigenvalue weighted by Gasteiger charge is -2.16. The van der Waals surface area contributed by atoms with E-state index in [1.54, 1.807) is 18.4 Å². The van der Waals surface area contributed by atoms with Crippen molar-refractivity contribution in [3.8, 4) is 0 Å². The van der Waals surface area contributed by atoms with Crippen molar-refractivity contribution in [2.24, 2.45) is 0 Å². The van der Waals surface area contributed by atoms with E-state index in [1.807, 2.05) is 26.0 Å². The Morgan fingerprint density at radius 3 is 2.58 bits per heavy atom. The van der Waals surface area contributed by atoms with Crippen LogP contribution in [0.3, 0.4) is 0 Å². The van der Waals surface area contributed by atoms with E-state index in [4.69, 9.17) is 8.83 Å². The van der Waals surface area contributed by atoms with Crippen LogP contribution in [0.15, 0.2) is 39.4 Å². The smallest absolute Gasteiger partial charge is 0.373 e. The number of carbonyl (C=O) groups excluding carboxylic acids is 1. The Kier molecular flexibility index (Phi) is 4.06. The summed E-state index contributed by atoms with van der Waals surface area (Å²) >= 11 is 0. The van der Waals surface area contributed by atoms with Crippen molar-refractivity contribution in [1.29, 1.82) is 0 Å². The highest BCUT2D eigenvalue weighted by atomic mass is 16.5. The zero-order chi connectivity index (χ0) is 13.8. The molecule has 0 aliphatic rings.